The van der Waals surface area contributed by atoms with Gasteiger partial charge in [0.1, 0.15) is 23.3 Å². The zero-order chi connectivity index (χ0) is 21.6. The molecule has 2 aromatic rings. The number of benzene rings is 1. The van der Waals surface area contributed by atoms with Gasteiger partial charge in [0, 0.05) is 19.2 Å². The third-order valence-corrected chi connectivity index (χ3v) is 5.04. The third-order valence-electron chi connectivity index (χ3n) is 4.47. The van der Waals surface area contributed by atoms with Crippen LogP contribution in [0.5, 0.6) is 5.75 Å². The van der Waals surface area contributed by atoms with Crippen LogP contribution in [0.3, 0.4) is 0 Å². The van der Waals surface area contributed by atoms with Crippen molar-refractivity contribution in [2.24, 2.45) is 0 Å². The van der Waals surface area contributed by atoms with Crippen molar-refractivity contribution < 1.29 is 27.4 Å². The molecule has 1 heterocycles. The molecule has 0 bridgehead atoms. The topological polar surface area (TPSA) is 89.2 Å². The number of ether oxygens (including phenoxy) is 2. The first-order valence-electron chi connectivity index (χ1n) is 8.13. The normalized spacial score (nSPS) is 14.8. The SMILES string of the molecule is CNc1c(C2(C(=O)OC)CC2)c(C#N)nn1-c1c(Cl)cc(OC(F)(F)F)cc1Cl. The highest BCUT2D eigenvalue weighted by Crippen LogP contribution is 2.53. The Bertz CT molecular complexity index is 1000. The van der Waals surface area contributed by atoms with Crippen LogP contribution >= 0.6 is 23.2 Å². The standard InChI is InChI=1S/C17H13Cl2F3N4O3/c1-24-14-12(16(3-4-16)15(27)28-2)11(7-23)25-26(14)13-9(18)5-8(6-10(13)19)29-17(20,21)22/h5-6,24H,3-4H2,1-2H3. The number of carbonyl (C=O) groups is 1. The lowest BCUT2D eigenvalue weighted by Gasteiger charge is -2.17. The molecule has 154 valence electrons. The van der Waals surface area contributed by atoms with Crippen molar-refractivity contribution in [3.8, 4) is 17.5 Å². The summed E-state index contributed by atoms with van der Waals surface area (Å²) in [5.41, 5.74) is -0.748. The molecular formula is C17H13Cl2F3N4O3. The van der Waals surface area contributed by atoms with Gasteiger partial charge in [-0.15, -0.1) is 13.2 Å². The van der Waals surface area contributed by atoms with Crippen molar-refractivity contribution >= 4 is 35.0 Å². The first-order chi connectivity index (χ1) is 13.6. The molecule has 0 spiro atoms. The van der Waals surface area contributed by atoms with E-state index in [9.17, 15) is 23.2 Å². The lowest BCUT2D eigenvalue weighted by Crippen LogP contribution is -2.23. The number of hydrogen-bond acceptors (Lipinski definition) is 6. The summed E-state index contributed by atoms with van der Waals surface area (Å²) in [4.78, 5) is 12.3. The van der Waals surface area contributed by atoms with Gasteiger partial charge in [0.25, 0.3) is 0 Å². The van der Waals surface area contributed by atoms with Crippen LogP contribution in [0.4, 0.5) is 19.0 Å². The van der Waals surface area contributed by atoms with Crippen molar-refractivity contribution in [3.05, 3.63) is 33.4 Å². The minimum atomic E-state index is -4.92. The Morgan fingerprint density at radius 1 is 1.34 bits per heavy atom. The van der Waals surface area contributed by atoms with Gasteiger partial charge < -0.3 is 14.8 Å². The number of esters is 1. The maximum atomic E-state index is 12.5. The largest absolute Gasteiger partial charge is 0.573 e. The average Bonchev–Trinajstić information content (AvgIpc) is 3.34. The van der Waals surface area contributed by atoms with Gasteiger partial charge in [-0.25, -0.2) is 4.68 Å². The smallest absolute Gasteiger partial charge is 0.468 e. The number of rotatable bonds is 5. The fourth-order valence-electron chi connectivity index (χ4n) is 3.16. The Labute approximate surface area is 172 Å². The summed E-state index contributed by atoms with van der Waals surface area (Å²) in [7, 11) is 2.78. The number of nitrogens with zero attached hydrogens (tertiary/aromatic N) is 3. The molecule has 0 atom stereocenters. The predicted molar refractivity (Wildman–Crippen MR) is 97.5 cm³/mol. The van der Waals surface area contributed by atoms with Gasteiger partial charge in [-0.1, -0.05) is 23.2 Å². The average molecular weight is 449 g/mol. The summed E-state index contributed by atoms with van der Waals surface area (Å²) in [6, 6.07) is 3.78. The highest BCUT2D eigenvalue weighted by atomic mass is 35.5. The van der Waals surface area contributed by atoms with E-state index >= 15 is 0 Å². The number of nitrogens with one attached hydrogen (secondary N) is 1. The Balaban J connectivity index is 2.19. The van der Waals surface area contributed by atoms with E-state index < -0.39 is 23.5 Å². The van der Waals surface area contributed by atoms with Gasteiger partial charge in [0.2, 0.25) is 0 Å². The minimum Gasteiger partial charge on any atom is -0.468 e. The van der Waals surface area contributed by atoms with Gasteiger partial charge >= 0.3 is 12.3 Å². The molecule has 1 aromatic heterocycles. The van der Waals surface area contributed by atoms with Crippen LogP contribution in [-0.2, 0) is 14.9 Å². The molecule has 0 unspecified atom stereocenters. The van der Waals surface area contributed by atoms with Crippen molar-refractivity contribution in [2.75, 3.05) is 19.5 Å². The van der Waals surface area contributed by atoms with Crippen molar-refractivity contribution in [2.45, 2.75) is 24.6 Å². The Kier molecular flexibility index (Phi) is 5.32. The Morgan fingerprint density at radius 2 is 1.93 bits per heavy atom. The maximum absolute atomic E-state index is 12.5. The van der Waals surface area contributed by atoms with Crippen molar-refractivity contribution in [1.29, 1.82) is 5.26 Å². The fourth-order valence-corrected chi connectivity index (χ4v) is 3.78. The van der Waals surface area contributed by atoms with E-state index in [4.69, 9.17) is 27.9 Å². The van der Waals surface area contributed by atoms with Crippen LogP contribution in [0.1, 0.15) is 24.1 Å². The number of aromatic nitrogens is 2. The van der Waals surface area contributed by atoms with Gasteiger partial charge in [-0.3, -0.25) is 4.79 Å². The Morgan fingerprint density at radius 3 is 2.34 bits per heavy atom. The minimum absolute atomic E-state index is 0.0237. The second-order valence-electron chi connectivity index (χ2n) is 6.20. The molecule has 1 saturated carbocycles. The molecule has 1 aliphatic carbocycles. The molecule has 12 heteroatoms. The molecule has 0 radical (unpaired) electrons. The predicted octanol–water partition coefficient (Wildman–Crippen LogP) is 4.20. The van der Waals surface area contributed by atoms with Gasteiger partial charge in [-0.05, 0) is 12.8 Å². The van der Waals surface area contributed by atoms with Gasteiger partial charge in [0.15, 0.2) is 5.69 Å². The van der Waals surface area contributed by atoms with E-state index in [1.807, 2.05) is 6.07 Å². The number of halogens is 5. The number of methoxy groups -OCH3 is 1. The fraction of sp³-hybridized carbons (Fsp3) is 0.353. The van der Waals surface area contributed by atoms with E-state index in [2.05, 4.69) is 15.2 Å². The summed E-state index contributed by atoms with van der Waals surface area (Å²) in [6.45, 7) is 0. The van der Waals surface area contributed by atoms with E-state index in [0.29, 0.717) is 18.4 Å². The lowest BCUT2D eigenvalue weighted by molar-refractivity contribution is -0.274. The molecule has 7 nitrogen and oxygen atoms in total. The van der Waals surface area contributed by atoms with Crippen LogP contribution in [-0.4, -0.2) is 36.3 Å². The van der Waals surface area contributed by atoms with E-state index in [0.717, 1.165) is 12.1 Å². The van der Waals surface area contributed by atoms with E-state index in [-0.39, 0.29) is 27.2 Å². The summed E-state index contributed by atoms with van der Waals surface area (Å²) in [6.07, 6.45) is -4.01. The highest BCUT2D eigenvalue weighted by Gasteiger charge is 2.56. The van der Waals surface area contributed by atoms with Crippen LogP contribution in [0, 0.1) is 11.3 Å². The van der Waals surface area contributed by atoms with Crippen molar-refractivity contribution in [1.82, 2.24) is 9.78 Å². The lowest BCUT2D eigenvalue weighted by atomic mass is 9.95. The molecule has 1 N–H and O–H groups in total. The van der Waals surface area contributed by atoms with E-state index in [1.165, 1.54) is 18.8 Å². The van der Waals surface area contributed by atoms with Crippen LogP contribution < -0.4 is 10.1 Å². The Hall–Kier alpha value is -2.64. The first kappa shape index (κ1) is 21.1. The maximum Gasteiger partial charge on any atom is 0.573 e. The molecular weight excluding hydrogens is 436 g/mol. The molecule has 29 heavy (non-hydrogen) atoms. The molecule has 1 aromatic carbocycles. The monoisotopic (exact) mass is 448 g/mol. The first-order valence-corrected chi connectivity index (χ1v) is 8.88. The molecule has 0 aliphatic heterocycles. The van der Waals surface area contributed by atoms with Gasteiger partial charge in [0.05, 0.1) is 28.1 Å². The second kappa shape index (κ2) is 7.31. The number of carbonyl (C=O) groups excluding carboxylic acids is 1. The molecule has 0 amide bonds. The zero-order valence-electron chi connectivity index (χ0n) is 15.0. The highest BCUT2D eigenvalue weighted by molar-refractivity contribution is 6.38. The van der Waals surface area contributed by atoms with Crippen LogP contribution in [0.25, 0.3) is 5.69 Å². The third kappa shape index (κ3) is 3.68. The van der Waals surface area contributed by atoms with Crippen LogP contribution in [0.2, 0.25) is 10.0 Å². The summed E-state index contributed by atoms with van der Waals surface area (Å²) >= 11 is 12.3. The van der Waals surface area contributed by atoms with Gasteiger partial charge in [-0.2, -0.15) is 10.4 Å². The van der Waals surface area contributed by atoms with E-state index in [1.54, 1.807) is 0 Å². The quantitative estimate of drug-likeness (QED) is 0.689. The summed E-state index contributed by atoms with van der Waals surface area (Å²) in [5.74, 6) is -0.878. The summed E-state index contributed by atoms with van der Waals surface area (Å²) < 4.78 is 47.3. The van der Waals surface area contributed by atoms with Crippen LogP contribution in [0.15, 0.2) is 12.1 Å². The number of alkyl halides is 3. The number of anilines is 1. The zero-order valence-corrected chi connectivity index (χ0v) is 16.5. The molecule has 1 aliphatic rings. The molecule has 1 fully saturated rings. The molecule has 3 rings (SSSR count). The summed E-state index contributed by atoms with van der Waals surface area (Å²) in [5, 5.41) is 16.2. The number of nitriles is 1. The number of hydrogen-bond donors (Lipinski definition) is 1. The van der Waals surface area contributed by atoms with Crippen molar-refractivity contribution in [3.63, 3.8) is 0 Å². The molecule has 0 saturated heterocycles. The second-order valence-corrected chi connectivity index (χ2v) is 7.02.